The summed E-state index contributed by atoms with van der Waals surface area (Å²) in [6.07, 6.45) is 1.17. The van der Waals surface area contributed by atoms with E-state index in [1.165, 1.54) is 35.9 Å². The number of phenols is 2. The van der Waals surface area contributed by atoms with Crippen molar-refractivity contribution in [1.29, 1.82) is 0 Å². The van der Waals surface area contributed by atoms with E-state index in [1.54, 1.807) is 0 Å². The predicted octanol–water partition coefficient (Wildman–Crippen LogP) is 0.961. The van der Waals surface area contributed by atoms with Crippen LogP contribution in [-0.4, -0.2) is 130 Å². The van der Waals surface area contributed by atoms with Crippen LogP contribution in [0.15, 0.2) is 33.9 Å². The summed E-state index contributed by atoms with van der Waals surface area (Å²) in [5.41, 5.74) is 6.92. The largest absolute Gasteiger partial charge is 0.504 e. The third kappa shape index (κ3) is 6.17. The normalized spacial score (nSPS) is 26.5. The molecule has 6 heterocycles. The van der Waals surface area contributed by atoms with Gasteiger partial charge in [0.25, 0.3) is 11.8 Å². The van der Waals surface area contributed by atoms with E-state index in [0.29, 0.717) is 35.4 Å². The van der Waals surface area contributed by atoms with Crippen LogP contribution < -0.4 is 11.2 Å². The Balaban J connectivity index is 1.03. The van der Waals surface area contributed by atoms with Crippen molar-refractivity contribution in [3.8, 4) is 11.5 Å². The van der Waals surface area contributed by atoms with Crippen molar-refractivity contribution >= 4 is 69.4 Å². The van der Waals surface area contributed by atoms with Gasteiger partial charge < -0.3 is 35.5 Å². The number of β-lactam (4-membered cyclic amide) rings is 1. The minimum absolute atomic E-state index is 0.0151. The Morgan fingerprint density at radius 2 is 1.75 bits per heavy atom. The van der Waals surface area contributed by atoms with Gasteiger partial charge in [0.1, 0.15) is 17.9 Å². The van der Waals surface area contributed by atoms with Crippen LogP contribution in [0.2, 0.25) is 0 Å². The first-order chi connectivity index (χ1) is 24.9. The molecule has 2 atom stereocenters. The molecule has 0 aliphatic carbocycles. The Morgan fingerprint density at radius 1 is 1.11 bits per heavy atom. The number of ketones is 1. The summed E-state index contributed by atoms with van der Waals surface area (Å²) in [5, 5.41) is 45.1. The number of anilines is 1. The number of carbonyl (C=O) groups excluding carboxylic acids is 4. The number of aromatic nitrogens is 1. The maximum atomic E-state index is 13.6. The van der Waals surface area contributed by atoms with E-state index in [2.05, 4.69) is 15.6 Å². The number of amides is 3. The number of hydrogen-bond acceptors (Lipinski definition) is 15. The number of carboxylic acids is 2. The maximum absolute atomic E-state index is 13.6. The lowest BCUT2D eigenvalue weighted by molar-refractivity contribution is -0.905. The quantitative estimate of drug-likeness (QED) is 0.0414. The number of carbonyl (C=O) groups is 6. The van der Waals surface area contributed by atoms with Gasteiger partial charge in [0.2, 0.25) is 11.5 Å². The Morgan fingerprint density at radius 3 is 2.32 bits per heavy atom. The molecule has 3 saturated heterocycles. The van der Waals surface area contributed by atoms with E-state index in [0.717, 1.165) is 54.4 Å². The minimum atomic E-state index is -1.77. The van der Waals surface area contributed by atoms with Crippen molar-refractivity contribution in [2.75, 3.05) is 44.2 Å². The molecule has 280 valence electrons. The molecule has 0 unspecified atom stereocenters. The highest BCUT2D eigenvalue weighted by Gasteiger charge is 2.58. The second-order valence-electron chi connectivity index (χ2n) is 14.6. The summed E-state index contributed by atoms with van der Waals surface area (Å²) in [4.78, 5) is 87.8. The van der Waals surface area contributed by atoms with Crippen LogP contribution >= 0.6 is 23.1 Å². The van der Waals surface area contributed by atoms with Gasteiger partial charge in [-0.1, -0.05) is 5.16 Å². The highest BCUT2D eigenvalue weighted by Crippen LogP contribution is 2.49. The number of Topliss-reactive ketones (excluding diaryl/α,β-unsaturated/α-hetero) is 1. The highest BCUT2D eigenvalue weighted by atomic mass is 32.2. The molecule has 7 rings (SSSR count). The number of carboxylic acid groups (broad SMARTS) is 2. The van der Waals surface area contributed by atoms with Crippen molar-refractivity contribution in [1.82, 2.24) is 20.3 Å². The standard InChI is InChI=1S/C33H35N7O11S2/c1-32(2,30(49)50)51-37-23(19-12-53-31(34)36-19)22(43)9-18-25(44)38-24(29(47)48)15(11-52-28(18)38)10-40-5-3-33(14-40,4-6-40)13-35-39-26(45)16-7-20(41)21(42)8-17(16)27(39)46/h7-8,12,18,28,35H,3-6,9-11,13-14H2,1-2H3,(H5-,34,36,37,41,42,43,45,46,47,48,49,50)/p+1/t18-,28-,33?,40?/m1/s1. The summed E-state index contributed by atoms with van der Waals surface area (Å²) in [6, 6.07) is 2.12. The van der Waals surface area contributed by atoms with E-state index in [1.807, 2.05) is 0 Å². The van der Waals surface area contributed by atoms with Gasteiger partial charge in [0.15, 0.2) is 28.1 Å². The molecular weight excluding hydrogens is 735 g/mol. The third-order valence-electron chi connectivity index (χ3n) is 10.7. The molecule has 7 N–H and O–H groups in total. The van der Waals surface area contributed by atoms with Crippen LogP contribution in [0, 0.1) is 11.3 Å². The number of phenolic OH excluding ortho intramolecular Hbond substituents is 2. The summed E-state index contributed by atoms with van der Waals surface area (Å²) in [7, 11) is 0. The third-order valence-corrected chi connectivity index (χ3v) is 12.8. The smallest absolute Gasteiger partial charge is 0.352 e. The van der Waals surface area contributed by atoms with Crippen LogP contribution in [0.1, 0.15) is 59.5 Å². The molecule has 2 aromatic rings. The van der Waals surface area contributed by atoms with E-state index in [9.17, 15) is 49.2 Å². The number of hydrazine groups is 1. The molecule has 0 radical (unpaired) electrons. The summed E-state index contributed by atoms with van der Waals surface area (Å²) < 4.78 is 0.579. The molecule has 2 bridgehead atoms. The molecule has 5 aliphatic heterocycles. The number of thioether (sulfide) groups is 1. The maximum Gasteiger partial charge on any atom is 0.352 e. The van der Waals surface area contributed by atoms with Crippen molar-refractivity contribution in [2.45, 2.75) is 44.1 Å². The minimum Gasteiger partial charge on any atom is -0.504 e. The van der Waals surface area contributed by atoms with Crippen LogP contribution in [0.25, 0.3) is 0 Å². The zero-order chi connectivity index (χ0) is 38.2. The second kappa shape index (κ2) is 12.8. The topological polar surface area (TPSA) is 262 Å². The van der Waals surface area contributed by atoms with Gasteiger partial charge in [0.05, 0.1) is 42.1 Å². The van der Waals surface area contributed by atoms with Crippen LogP contribution in [0.5, 0.6) is 11.5 Å². The number of aliphatic carboxylic acids is 2. The van der Waals surface area contributed by atoms with Gasteiger partial charge in [-0.3, -0.25) is 24.1 Å². The Labute approximate surface area is 309 Å². The fourth-order valence-corrected chi connectivity index (χ4v) is 9.74. The van der Waals surface area contributed by atoms with Crippen molar-refractivity contribution in [3.63, 3.8) is 0 Å². The number of nitrogens with one attached hydrogen (secondary N) is 1. The number of fused-ring (bicyclic) bond motifs is 4. The molecule has 53 heavy (non-hydrogen) atoms. The van der Waals surface area contributed by atoms with Crippen molar-refractivity contribution in [3.05, 3.63) is 45.6 Å². The van der Waals surface area contributed by atoms with Crippen molar-refractivity contribution in [2.24, 2.45) is 16.5 Å². The lowest BCUT2D eigenvalue weighted by atomic mass is 9.85. The lowest BCUT2D eigenvalue weighted by Crippen LogP contribution is -2.62. The molecule has 3 amide bonds. The number of hydrogen-bond donors (Lipinski definition) is 6. The number of nitrogen functional groups attached to an aromatic ring is 1. The molecule has 1 aromatic carbocycles. The fourth-order valence-electron chi connectivity index (χ4n) is 7.79. The van der Waals surface area contributed by atoms with Gasteiger partial charge in [0, 0.05) is 47.9 Å². The summed E-state index contributed by atoms with van der Waals surface area (Å²) >= 11 is 2.40. The SMILES string of the molecule is CC(C)(O/N=C(\C(=O)C[C@@H]1C(=O)N2C(C(=O)O)=C(C[N+]34CCC(CNN5C(=O)c6cc(O)c(O)cc6C5=O)(CC3)C4)CS[C@H]12)c1csc(N)n1)C(=O)O. The summed E-state index contributed by atoms with van der Waals surface area (Å²) in [6.45, 7) is 5.31. The molecule has 3 fully saturated rings. The van der Waals surface area contributed by atoms with Gasteiger partial charge in [-0.15, -0.1) is 23.1 Å². The van der Waals surface area contributed by atoms with Crippen molar-refractivity contribution < 1.29 is 58.5 Å². The average molecular weight is 771 g/mol. The fraction of sp³-hybridized carbons (Fsp3) is 0.455. The van der Waals surface area contributed by atoms with Gasteiger partial charge in [-0.05, 0) is 26.0 Å². The lowest BCUT2D eigenvalue weighted by Gasteiger charge is -2.50. The number of quaternary nitrogens is 1. The van der Waals surface area contributed by atoms with E-state index in [-0.39, 0.29) is 45.2 Å². The average Bonchev–Trinajstić information content (AvgIpc) is 3.85. The zero-order valence-electron chi connectivity index (χ0n) is 28.5. The first-order valence-electron chi connectivity index (χ1n) is 16.6. The highest BCUT2D eigenvalue weighted by molar-refractivity contribution is 8.00. The molecule has 0 saturated carbocycles. The number of oxime groups is 1. The van der Waals surface area contributed by atoms with E-state index >= 15 is 0 Å². The number of aromatic hydroxyl groups is 2. The number of thiazole rings is 1. The van der Waals surface area contributed by atoms with Gasteiger partial charge >= 0.3 is 11.9 Å². The number of piperidine rings is 1. The molecule has 20 heteroatoms. The zero-order valence-corrected chi connectivity index (χ0v) is 30.2. The molecule has 5 aliphatic rings. The number of rotatable bonds is 13. The van der Waals surface area contributed by atoms with Gasteiger partial charge in [-0.25, -0.2) is 25.0 Å². The van der Waals surface area contributed by atoms with Crippen LogP contribution in [0.4, 0.5) is 5.13 Å². The van der Waals surface area contributed by atoms with E-state index < -0.39 is 63.8 Å². The Kier molecular flexibility index (Phi) is 8.78. The number of benzene rings is 1. The first kappa shape index (κ1) is 36.3. The number of nitrogens with two attached hydrogens (primary N) is 1. The number of imide groups is 1. The molecule has 1 aromatic heterocycles. The first-order valence-corrected chi connectivity index (χ1v) is 18.6. The van der Waals surface area contributed by atoms with Gasteiger partial charge in [-0.2, -0.15) is 0 Å². The molecule has 18 nitrogen and oxygen atoms in total. The van der Waals surface area contributed by atoms with Crippen LogP contribution in [0.3, 0.4) is 0 Å². The second-order valence-corrected chi connectivity index (χ2v) is 16.6. The molecular formula is C33H36N7O11S2+. The monoisotopic (exact) mass is 770 g/mol. The molecule has 0 spiro atoms. The summed E-state index contributed by atoms with van der Waals surface area (Å²) in [5.74, 6) is -6.56. The predicted molar refractivity (Wildman–Crippen MR) is 186 cm³/mol. The van der Waals surface area contributed by atoms with Crippen LogP contribution in [-0.2, 0) is 24.0 Å². The Hall–Kier alpha value is -5.05. The number of nitrogens with zero attached hydrogens (tertiary/aromatic N) is 5. The van der Waals surface area contributed by atoms with E-state index in [4.69, 9.17) is 10.6 Å². The Bertz CT molecular complexity index is 2010.